The molecular formula is C18H25IN6O3S. The quantitative estimate of drug-likeness (QED) is 0.539. The monoisotopic (exact) mass is 532 g/mol. The molecule has 5 rings (SSSR count). The lowest BCUT2D eigenvalue weighted by Gasteiger charge is -2.39. The van der Waals surface area contributed by atoms with Gasteiger partial charge in [0.2, 0.25) is 10.0 Å². The summed E-state index contributed by atoms with van der Waals surface area (Å²) in [6.07, 6.45) is 7.30. The molecule has 2 unspecified atom stereocenters. The van der Waals surface area contributed by atoms with Crippen molar-refractivity contribution in [2.75, 3.05) is 50.5 Å². The van der Waals surface area contributed by atoms with Crippen molar-refractivity contribution >= 4 is 44.1 Å². The standard InChI is InChI=1S/C18H25IN6O3S/c1-29(26,27)25-14-2-3-15(25)11-22(10-14)8-13-9-24-12-16(19)21-18(17(24)20-13)23-4-6-28-7-5-23/h9,12,14-15H,2-8,10-11H2,1H3. The summed E-state index contributed by atoms with van der Waals surface area (Å²) in [5.74, 6) is 0.911. The van der Waals surface area contributed by atoms with Gasteiger partial charge in [-0.2, -0.15) is 4.31 Å². The minimum absolute atomic E-state index is 0.0901. The van der Waals surface area contributed by atoms with Gasteiger partial charge in [0.05, 0.1) is 25.2 Å². The largest absolute Gasteiger partial charge is 0.378 e. The van der Waals surface area contributed by atoms with Gasteiger partial charge in [-0.3, -0.25) is 4.90 Å². The Labute approximate surface area is 184 Å². The highest BCUT2D eigenvalue weighted by molar-refractivity contribution is 14.1. The second-order valence-electron chi connectivity index (χ2n) is 8.12. The maximum Gasteiger partial charge on any atom is 0.211 e. The van der Waals surface area contributed by atoms with Gasteiger partial charge in [-0.25, -0.2) is 18.4 Å². The average Bonchev–Trinajstić information content (AvgIpc) is 3.19. The van der Waals surface area contributed by atoms with E-state index in [1.807, 2.05) is 6.20 Å². The van der Waals surface area contributed by atoms with Crippen LogP contribution < -0.4 is 4.90 Å². The highest BCUT2D eigenvalue weighted by atomic mass is 127. The zero-order valence-electron chi connectivity index (χ0n) is 16.4. The number of morpholine rings is 1. The minimum atomic E-state index is -3.14. The summed E-state index contributed by atoms with van der Waals surface area (Å²) in [6.45, 7) is 5.32. The molecule has 2 aromatic rings. The molecule has 0 amide bonds. The third kappa shape index (κ3) is 3.87. The van der Waals surface area contributed by atoms with Crippen LogP contribution in [0.1, 0.15) is 18.5 Å². The van der Waals surface area contributed by atoms with E-state index in [1.165, 1.54) is 6.26 Å². The van der Waals surface area contributed by atoms with Gasteiger partial charge in [0.1, 0.15) is 3.70 Å². The third-order valence-electron chi connectivity index (χ3n) is 6.01. The summed E-state index contributed by atoms with van der Waals surface area (Å²) in [5, 5.41) is 0. The van der Waals surface area contributed by atoms with Gasteiger partial charge in [-0.1, -0.05) is 0 Å². The maximum atomic E-state index is 12.1. The molecule has 2 aromatic heterocycles. The van der Waals surface area contributed by atoms with Crippen LogP contribution in [0.3, 0.4) is 0 Å². The van der Waals surface area contributed by atoms with Gasteiger partial charge >= 0.3 is 0 Å². The SMILES string of the molecule is CS(=O)(=O)N1C2CCC1CN(Cc1cn3cc(I)nc(N4CCOCC4)c3n1)C2. The molecule has 2 bridgehead atoms. The van der Waals surface area contributed by atoms with E-state index in [4.69, 9.17) is 14.7 Å². The van der Waals surface area contributed by atoms with Crippen molar-refractivity contribution in [3.8, 4) is 0 Å². The van der Waals surface area contributed by atoms with E-state index in [2.05, 4.69) is 43.0 Å². The summed E-state index contributed by atoms with van der Waals surface area (Å²) in [6, 6.07) is 0.180. The molecule has 0 radical (unpaired) electrons. The van der Waals surface area contributed by atoms with E-state index in [1.54, 1.807) is 4.31 Å². The number of nitrogens with zero attached hydrogens (tertiary/aromatic N) is 6. The van der Waals surface area contributed by atoms with Crippen LogP contribution in [0.2, 0.25) is 0 Å². The first-order chi connectivity index (χ1) is 13.9. The molecule has 3 saturated heterocycles. The summed E-state index contributed by atoms with van der Waals surface area (Å²) >= 11 is 2.25. The second kappa shape index (κ2) is 7.59. The zero-order valence-corrected chi connectivity index (χ0v) is 19.3. The Balaban J connectivity index is 1.38. The van der Waals surface area contributed by atoms with E-state index >= 15 is 0 Å². The zero-order chi connectivity index (χ0) is 20.2. The predicted octanol–water partition coefficient (Wildman–Crippen LogP) is 0.779. The molecule has 0 spiro atoms. The molecule has 0 aromatic carbocycles. The topological polar surface area (TPSA) is 83.3 Å². The lowest BCUT2D eigenvalue weighted by molar-refractivity contribution is 0.122. The molecule has 0 saturated carbocycles. The molecule has 0 N–H and O–H groups in total. The van der Waals surface area contributed by atoms with Crippen molar-refractivity contribution in [1.29, 1.82) is 0 Å². The molecule has 11 heteroatoms. The molecule has 29 heavy (non-hydrogen) atoms. The van der Waals surface area contributed by atoms with Crippen LogP contribution in [0.5, 0.6) is 0 Å². The van der Waals surface area contributed by atoms with Gasteiger partial charge in [0, 0.05) is 57.2 Å². The molecule has 0 aliphatic carbocycles. The Kier molecular flexibility index (Phi) is 5.21. The maximum absolute atomic E-state index is 12.1. The number of likely N-dealkylation sites (tertiary alicyclic amines) is 1. The summed E-state index contributed by atoms with van der Waals surface area (Å²) in [5.41, 5.74) is 1.87. The minimum Gasteiger partial charge on any atom is -0.378 e. The van der Waals surface area contributed by atoms with Crippen LogP contribution in [0.4, 0.5) is 5.82 Å². The normalized spacial score (nSPS) is 26.5. The molecule has 3 aliphatic rings. The first-order valence-electron chi connectivity index (χ1n) is 9.96. The van der Waals surface area contributed by atoms with Crippen molar-refractivity contribution in [3.05, 3.63) is 21.8 Å². The van der Waals surface area contributed by atoms with Crippen LogP contribution in [0.25, 0.3) is 5.65 Å². The number of rotatable bonds is 4. The van der Waals surface area contributed by atoms with Crippen LogP contribution in [0, 0.1) is 3.70 Å². The number of ether oxygens (including phenoxy) is 1. The number of hydrogen-bond donors (Lipinski definition) is 0. The van der Waals surface area contributed by atoms with E-state index in [0.29, 0.717) is 13.2 Å². The highest BCUT2D eigenvalue weighted by Crippen LogP contribution is 2.33. The Morgan fingerprint density at radius 2 is 1.83 bits per heavy atom. The lowest BCUT2D eigenvalue weighted by Crippen LogP contribution is -2.55. The highest BCUT2D eigenvalue weighted by Gasteiger charge is 2.44. The Hall–Kier alpha value is -1.02. The Morgan fingerprint density at radius 1 is 1.14 bits per heavy atom. The van der Waals surface area contributed by atoms with Gasteiger partial charge in [-0.15, -0.1) is 0 Å². The van der Waals surface area contributed by atoms with E-state index in [-0.39, 0.29) is 12.1 Å². The van der Waals surface area contributed by atoms with Gasteiger partial charge in [0.25, 0.3) is 0 Å². The fourth-order valence-electron chi connectivity index (χ4n) is 4.92. The molecular weight excluding hydrogens is 507 g/mol. The van der Waals surface area contributed by atoms with Crippen LogP contribution in [-0.4, -0.2) is 89.7 Å². The van der Waals surface area contributed by atoms with Crippen LogP contribution in [0.15, 0.2) is 12.4 Å². The molecule has 158 valence electrons. The van der Waals surface area contributed by atoms with Crippen LogP contribution >= 0.6 is 22.6 Å². The average molecular weight is 532 g/mol. The van der Waals surface area contributed by atoms with Gasteiger partial charge in [-0.05, 0) is 35.4 Å². The molecule has 9 nitrogen and oxygen atoms in total. The van der Waals surface area contributed by atoms with Crippen LogP contribution in [-0.2, 0) is 21.3 Å². The number of halogens is 1. The fourth-order valence-corrected chi connectivity index (χ4v) is 6.87. The fraction of sp³-hybridized carbons (Fsp3) is 0.667. The van der Waals surface area contributed by atoms with E-state index in [0.717, 1.165) is 66.4 Å². The predicted molar refractivity (Wildman–Crippen MR) is 118 cm³/mol. The summed E-state index contributed by atoms with van der Waals surface area (Å²) in [4.78, 5) is 14.2. The van der Waals surface area contributed by atoms with Crippen molar-refractivity contribution in [1.82, 2.24) is 23.6 Å². The lowest BCUT2D eigenvalue weighted by atomic mass is 10.2. The Bertz CT molecular complexity index is 1010. The van der Waals surface area contributed by atoms with Crippen molar-refractivity contribution < 1.29 is 13.2 Å². The number of piperazine rings is 1. The number of imidazole rings is 1. The number of aromatic nitrogens is 3. The third-order valence-corrected chi connectivity index (χ3v) is 7.89. The smallest absolute Gasteiger partial charge is 0.211 e. The number of sulfonamides is 1. The second-order valence-corrected chi connectivity index (χ2v) is 11.1. The number of anilines is 1. The molecule has 3 fully saturated rings. The van der Waals surface area contributed by atoms with Crippen molar-refractivity contribution in [3.63, 3.8) is 0 Å². The van der Waals surface area contributed by atoms with E-state index in [9.17, 15) is 8.42 Å². The first kappa shape index (κ1) is 19.9. The summed E-state index contributed by atoms with van der Waals surface area (Å²) in [7, 11) is -3.14. The van der Waals surface area contributed by atoms with Crippen molar-refractivity contribution in [2.45, 2.75) is 31.5 Å². The molecule has 3 aliphatic heterocycles. The van der Waals surface area contributed by atoms with E-state index < -0.39 is 10.0 Å². The molecule has 5 heterocycles. The molecule has 2 atom stereocenters. The van der Waals surface area contributed by atoms with Gasteiger partial charge in [0.15, 0.2) is 11.5 Å². The summed E-state index contributed by atoms with van der Waals surface area (Å²) < 4.78 is 34.4. The first-order valence-corrected chi connectivity index (χ1v) is 12.9. The van der Waals surface area contributed by atoms with Gasteiger partial charge < -0.3 is 14.0 Å². The number of hydrogen-bond acceptors (Lipinski definition) is 7. The van der Waals surface area contributed by atoms with Crippen molar-refractivity contribution in [2.24, 2.45) is 0 Å². The Morgan fingerprint density at radius 3 is 2.48 bits per heavy atom. The number of fused-ring (bicyclic) bond motifs is 3.